The van der Waals surface area contributed by atoms with E-state index in [-0.39, 0.29) is 0 Å². The summed E-state index contributed by atoms with van der Waals surface area (Å²) in [5.41, 5.74) is 5.36. The fourth-order valence-corrected chi connectivity index (χ4v) is 3.09. The Hall–Kier alpha value is -1.35. The molecule has 19 heavy (non-hydrogen) atoms. The molecule has 0 saturated heterocycles. The van der Waals surface area contributed by atoms with Crippen LogP contribution in [0.4, 0.5) is 0 Å². The van der Waals surface area contributed by atoms with Crippen molar-refractivity contribution in [1.82, 2.24) is 0 Å². The van der Waals surface area contributed by atoms with Gasteiger partial charge in [0.25, 0.3) is 0 Å². The Morgan fingerprint density at radius 2 is 1.37 bits per heavy atom. The molecule has 1 heteroatoms. The average Bonchev–Trinajstić information content (AvgIpc) is 2.48. The molecule has 1 aliphatic carbocycles. The van der Waals surface area contributed by atoms with Gasteiger partial charge in [0.15, 0.2) is 0 Å². The fraction of sp³-hybridized carbons (Fsp3) is 0.111. The highest BCUT2D eigenvalue weighted by molar-refractivity contribution is 14.1. The number of allylic oxidation sites excluding steroid dienone is 4. The van der Waals surface area contributed by atoms with Crippen LogP contribution in [0.5, 0.6) is 0 Å². The summed E-state index contributed by atoms with van der Waals surface area (Å²) in [5.74, 6) is 0. The Morgan fingerprint density at radius 3 is 2.05 bits per heavy atom. The monoisotopic (exact) mass is 358 g/mol. The Kier molecular flexibility index (Phi) is 3.83. The highest BCUT2D eigenvalue weighted by atomic mass is 127. The van der Waals surface area contributed by atoms with Gasteiger partial charge < -0.3 is 0 Å². The third-order valence-electron chi connectivity index (χ3n) is 3.43. The molecule has 0 fully saturated rings. The second-order valence-electron chi connectivity index (χ2n) is 4.74. The van der Waals surface area contributed by atoms with Crippen molar-refractivity contribution in [2.75, 3.05) is 0 Å². The van der Waals surface area contributed by atoms with Gasteiger partial charge in [0.2, 0.25) is 0 Å². The highest BCUT2D eigenvalue weighted by Gasteiger charge is 2.06. The second-order valence-corrected chi connectivity index (χ2v) is 5.99. The largest absolute Gasteiger partial charge is 0.0708 e. The van der Waals surface area contributed by atoms with Crippen LogP contribution in [-0.2, 0) is 0 Å². The summed E-state index contributed by atoms with van der Waals surface area (Å²) in [6.45, 7) is 0. The summed E-state index contributed by atoms with van der Waals surface area (Å²) in [6.07, 6.45) is 6.89. The van der Waals surface area contributed by atoms with Crippen molar-refractivity contribution in [2.45, 2.75) is 12.8 Å². The van der Waals surface area contributed by atoms with Gasteiger partial charge in [-0.2, -0.15) is 0 Å². The van der Waals surface area contributed by atoms with E-state index in [0.717, 1.165) is 12.8 Å². The molecule has 0 atom stereocenters. The van der Waals surface area contributed by atoms with Crippen molar-refractivity contribution in [3.63, 3.8) is 0 Å². The SMILES string of the molecule is IC1=CCCC(c2ccc(-c3ccccc3)cc2)=C1. The fourth-order valence-electron chi connectivity index (χ4n) is 2.40. The Bertz CT molecular complexity index is 618. The number of hydrogen-bond acceptors (Lipinski definition) is 0. The van der Waals surface area contributed by atoms with Gasteiger partial charge in [0, 0.05) is 3.58 Å². The van der Waals surface area contributed by atoms with E-state index in [1.807, 2.05) is 0 Å². The predicted molar refractivity (Wildman–Crippen MR) is 91.2 cm³/mol. The lowest BCUT2D eigenvalue weighted by molar-refractivity contribution is 1.05. The summed E-state index contributed by atoms with van der Waals surface area (Å²) in [5, 5.41) is 0. The molecule has 3 rings (SSSR count). The van der Waals surface area contributed by atoms with Crippen LogP contribution < -0.4 is 0 Å². The van der Waals surface area contributed by atoms with Gasteiger partial charge in [0.05, 0.1) is 0 Å². The molecule has 0 bridgehead atoms. The normalized spacial score (nSPS) is 14.8. The molecule has 0 amide bonds. The van der Waals surface area contributed by atoms with E-state index < -0.39 is 0 Å². The Morgan fingerprint density at radius 1 is 0.737 bits per heavy atom. The first-order valence-electron chi connectivity index (χ1n) is 6.55. The van der Waals surface area contributed by atoms with Gasteiger partial charge in [-0.25, -0.2) is 0 Å². The minimum Gasteiger partial charge on any atom is -0.0708 e. The van der Waals surface area contributed by atoms with E-state index in [4.69, 9.17) is 0 Å². The zero-order chi connectivity index (χ0) is 13.1. The summed E-state index contributed by atoms with van der Waals surface area (Å²) in [4.78, 5) is 0. The maximum Gasteiger partial charge on any atom is 0.00930 e. The highest BCUT2D eigenvalue weighted by Crippen LogP contribution is 2.30. The van der Waals surface area contributed by atoms with Crippen LogP contribution in [0.15, 0.2) is 70.3 Å². The molecule has 94 valence electrons. The number of hydrogen-bond donors (Lipinski definition) is 0. The molecule has 0 spiro atoms. The van der Waals surface area contributed by atoms with Gasteiger partial charge in [-0.05, 0) is 63.8 Å². The molecule has 2 aromatic rings. The molecule has 2 aromatic carbocycles. The van der Waals surface area contributed by atoms with Crippen molar-refractivity contribution in [1.29, 1.82) is 0 Å². The second kappa shape index (κ2) is 5.74. The number of halogens is 1. The van der Waals surface area contributed by atoms with Gasteiger partial charge in [0.1, 0.15) is 0 Å². The standard InChI is InChI=1S/C18H15I/c19-18-8-4-7-17(13-18)16-11-9-15(10-12-16)14-5-2-1-3-6-14/h1-3,5-6,8-13H,4,7H2. The Balaban J connectivity index is 1.90. The smallest absolute Gasteiger partial charge is 0.00930 e. The van der Waals surface area contributed by atoms with Crippen LogP contribution in [0.25, 0.3) is 16.7 Å². The molecule has 0 saturated carbocycles. The van der Waals surface area contributed by atoms with E-state index in [9.17, 15) is 0 Å². The summed E-state index contributed by atoms with van der Waals surface area (Å²) in [6, 6.07) is 19.4. The summed E-state index contributed by atoms with van der Waals surface area (Å²) >= 11 is 2.40. The van der Waals surface area contributed by atoms with E-state index in [1.165, 1.54) is 25.8 Å². The van der Waals surface area contributed by atoms with Crippen LogP contribution in [-0.4, -0.2) is 0 Å². The zero-order valence-corrected chi connectivity index (χ0v) is 12.8. The molecular weight excluding hydrogens is 343 g/mol. The van der Waals surface area contributed by atoms with E-state index in [2.05, 4.69) is 89.3 Å². The molecule has 0 nitrogen and oxygen atoms in total. The van der Waals surface area contributed by atoms with Gasteiger partial charge >= 0.3 is 0 Å². The first kappa shape index (κ1) is 12.7. The molecule has 0 aliphatic heterocycles. The van der Waals surface area contributed by atoms with Gasteiger partial charge in [-0.15, -0.1) is 0 Å². The van der Waals surface area contributed by atoms with Crippen molar-refractivity contribution >= 4 is 28.2 Å². The first-order valence-corrected chi connectivity index (χ1v) is 7.63. The first-order chi connectivity index (χ1) is 9.33. The lowest BCUT2D eigenvalue weighted by atomic mass is 9.95. The summed E-state index contributed by atoms with van der Waals surface area (Å²) in [7, 11) is 0. The predicted octanol–water partition coefficient (Wildman–Crippen LogP) is 5.85. The molecule has 1 aliphatic rings. The van der Waals surface area contributed by atoms with E-state index in [0.29, 0.717) is 0 Å². The van der Waals surface area contributed by atoms with Crippen molar-refractivity contribution in [3.8, 4) is 11.1 Å². The third-order valence-corrected chi connectivity index (χ3v) is 4.18. The molecular formula is C18H15I. The van der Waals surface area contributed by atoms with Gasteiger partial charge in [-0.1, -0.05) is 60.7 Å². The van der Waals surface area contributed by atoms with Gasteiger partial charge in [-0.3, -0.25) is 0 Å². The van der Waals surface area contributed by atoms with Crippen LogP contribution in [0, 0.1) is 0 Å². The number of benzene rings is 2. The molecule has 0 radical (unpaired) electrons. The van der Waals surface area contributed by atoms with Crippen molar-refractivity contribution in [3.05, 3.63) is 75.9 Å². The maximum absolute atomic E-state index is 2.40. The van der Waals surface area contributed by atoms with Crippen molar-refractivity contribution < 1.29 is 0 Å². The lowest BCUT2D eigenvalue weighted by Crippen LogP contribution is -1.89. The molecule has 0 N–H and O–H groups in total. The molecule has 0 unspecified atom stereocenters. The van der Waals surface area contributed by atoms with Crippen molar-refractivity contribution in [2.24, 2.45) is 0 Å². The zero-order valence-electron chi connectivity index (χ0n) is 10.6. The average molecular weight is 358 g/mol. The lowest BCUT2D eigenvalue weighted by Gasteiger charge is -2.12. The third kappa shape index (κ3) is 2.98. The quantitative estimate of drug-likeness (QED) is 0.591. The topological polar surface area (TPSA) is 0 Å². The minimum absolute atomic E-state index is 1.15. The van der Waals surface area contributed by atoms with Crippen LogP contribution >= 0.6 is 22.6 Å². The van der Waals surface area contributed by atoms with Crippen LogP contribution in [0.3, 0.4) is 0 Å². The summed E-state index contributed by atoms with van der Waals surface area (Å²) < 4.78 is 1.35. The van der Waals surface area contributed by atoms with Crippen LogP contribution in [0.2, 0.25) is 0 Å². The molecule has 0 aromatic heterocycles. The van der Waals surface area contributed by atoms with E-state index in [1.54, 1.807) is 0 Å². The number of rotatable bonds is 2. The van der Waals surface area contributed by atoms with E-state index >= 15 is 0 Å². The van der Waals surface area contributed by atoms with Crippen LogP contribution in [0.1, 0.15) is 18.4 Å². The molecule has 0 heterocycles. The minimum atomic E-state index is 1.15. The Labute approximate surface area is 128 Å². The maximum atomic E-state index is 2.40.